The molecule has 6 nitrogen and oxygen atoms in total. The van der Waals surface area contributed by atoms with Gasteiger partial charge in [0.1, 0.15) is 6.61 Å². The molecular weight excluding hydrogens is 338 g/mol. The van der Waals surface area contributed by atoms with Gasteiger partial charge in [-0.2, -0.15) is 0 Å². The number of hydrogen-bond donors (Lipinski definition) is 2. The van der Waals surface area contributed by atoms with Gasteiger partial charge in [-0.05, 0) is 29.8 Å². The van der Waals surface area contributed by atoms with Gasteiger partial charge < -0.3 is 15.0 Å². The van der Waals surface area contributed by atoms with Crippen molar-refractivity contribution in [2.24, 2.45) is 5.73 Å². The number of carbonyl (C=O) groups excluding carboxylic acids is 1. The quantitative estimate of drug-likeness (QED) is 0.794. The van der Waals surface area contributed by atoms with Gasteiger partial charge >= 0.3 is 0 Å². The standard InChI is InChI=1S/C14H16BrN3O3/c1-9(14(16)19)17-7-12-6-13(18-21-12)20-8-10-3-2-4-11(15)5-10/h2-6,9,17H,7-8H2,1H3,(H2,16,19). The van der Waals surface area contributed by atoms with Gasteiger partial charge in [-0.3, -0.25) is 10.1 Å². The maximum Gasteiger partial charge on any atom is 0.254 e. The number of amides is 1. The average molecular weight is 354 g/mol. The van der Waals surface area contributed by atoms with Crippen molar-refractivity contribution in [1.82, 2.24) is 10.5 Å². The van der Waals surface area contributed by atoms with Crippen molar-refractivity contribution in [3.05, 3.63) is 46.1 Å². The molecule has 0 saturated heterocycles. The van der Waals surface area contributed by atoms with Gasteiger partial charge in [0.05, 0.1) is 12.6 Å². The molecular formula is C14H16BrN3O3. The number of nitrogens with one attached hydrogen (secondary N) is 1. The molecule has 0 aliphatic heterocycles. The van der Waals surface area contributed by atoms with Gasteiger partial charge in [0.2, 0.25) is 5.91 Å². The molecule has 2 rings (SSSR count). The molecule has 1 amide bonds. The summed E-state index contributed by atoms with van der Waals surface area (Å²) < 4.78 is 11.6. The molecule has 1 aromatic carbocycles. The lowest BCUT2D eigenvalue weighted by Crippen LogP contribution is -2.38. The number of nitrogens with zero attached hydrogens (tertiary/aromatic N) is 1. The Bertz CT molecular complexity index is 615. The Labute approximate surface area is 130 Å². The van der Waals surface area contributed by atoms with E-state index in [1.807, 2.05) is 24.3 Å². The van der Waals surface area contributed by atoms with Gasteiger partial charge in [0.15, 0.2) is 5.76 Å². The van der Waals surface area contributed by atoms with E-state index in [1.54, 1.807) is 13.0 Å². The maximum atomic E-state index is 10.9. The number of ether oxygens (including phenoxy) is 1. The second kappa shape index (κ2) is 7.24. The van der Waals surface area contributed by atoms with Crippen LogP contribution in [0.15, 0.2) is 39.3 Å². The third kappa shape index (κ3) is 4.87. The van der Waals surface area contributed by atoms with Crippen molar-refractivity contribution in [3.8, 4) is 5.88 Å². The van der Waals surface area contributed by atoms with Crippen LogP contribution in [0, 0.1) is 0 Å². The molecule has 2 aromatic rings. The molecule has 0 spiro atoms. The summed E-state index contributed by atoms with van der Waals surface area (Å²) in [5.41, 5.74) is 6.18. The molecule has 0 aliphatic carbocycles. The smallest absolute Gasteiger partial charge is 0.254 e. The summed E-state index contributed by atoms with van der Waals surface area (Å²) in [5, 5.41) is 6.73. The van der Waals surface area contributed by atoms with Crippen LogP contribution in [0.4, 0.5) is 0 Å². The number of nitrogens with two attached hydrogens (primary N) is 1. The number of hydrogen-bond acceptors (Lipinski definition) is 5. The first-order valence-corrected chi connectivity index (χ1v) is 7.19. The van der Waals surface area contributed by atoms with Crippen molar-refractivity contribution in [2.75, 3.05) is 0 Å². The van der Waals surface area contributed by atoms with Gasteiger partial charge in [-0.1, -0.05) is 28.1 Å². The normalized spacial score (nSPS) is 12.1. The van der Waals surface area contributed by atoms with Crippen LogP contribution < -0.4 is 15.8 Å². The lowest BCUT2D eigenvalue weighted by Gasteiger charge is -2.06. The zero-order chi connectivity index (χ0) is 15.2. The van der Waals surface area contributed by atoms with Crippen molar-refractivity contribution in [1.29, 1.82) is 0 Å². The topological polar surface area (TPSA) is 90.4 Å². The summed E-state index contributed by atoms with van der Waals surface area (Å²) in [5.74, 6) is 0.562. The Balaban J connectivity index is 1.84. The van der Waals surface area contributed by atoms with Crippen LogP contribution >= 0.6 is 15.9 Å². The second-order valence-corrected chi connectivity index (χ2v) is 5.47. The summed E-state index contributed by atoms with van der Waals surface area (Å²) in [7, 11) is 0. The highest BCUT2D eigenvalue weighted by Gasteiger charge is 2.10. The third-order valence-corrected chi connectivity index (χ3v) is 3.32. The van der Waals surface area contributed by atoms with Crippen molar-refractivity contribution in [2.45, 2.75) is 26.1 Å². The monoisotopic (exact) mass is 353 g/mol. The summed E-state index contributed by atoms with van der Waals surface area (Å²) >= 11 is 3.40. The lowest BCUT2D eigenvalue weighted by molar-refractivity contribution is -0.119. The number of benzene rings is 1. The number of rotatable bonds is 7. The Morgan fingerprint density at radius 2 is 2.33 bits per heavy atom. The van der Waals surface area contributed by atoms with Crippen molar-refractivity contribution in [3.63, 3.8) is 0 Å². The van der Waals surface area contributed by atoms with Crippen LogP contribution in [0.3, 0.4) is 0 Å². The fourth-order valence-electron chi connectivity index (χ4n) is 1.58. The summed E-state index contributed by atoms with van der Waals surface area (Å²) in [6.07, 6.45) is 0. The predicted octanol–water partition coefficient (Wildman–Crippen LogP) is 1.98. The molecule has 0 bridgehead atoms. The number of aromatic nitrogens is 1. The van der Waals surface area contributed by atoms with E-state index in [-0.39, 0.29) is 0 Å². The van der Waals surface area contributed by atoms with E-state index in [0.717, 1.165) is 10.0 Å². The van der Waals surface area contributed by atoms with Crippen LogP contribution in [0.2, 0.25) is 0 Å². The summed E-state index contributed by atoms with van der Waals surface area (Å²) in [4.78, 5) is 10.9. The molecule has 1 atom stereocenters. The number of carbonyl (C=O) groups is 1. The Hall–Kier alpha value is -1.86. The van der Waals surface area contributed by atoms with Crippen LogP contribution in [-0.4, -0.2) is 17.1 Å². The highest BCUT2D eigenvalue weighted by molar-refractivity contribution is 9.10. The van der Waals surface area contributed by atoms with Gasteiger partial charge in [0.25, 0.3) is 5.88 Å². The number of primary amides is 1. The molecule has 1 aromatic heterocycles. The van der Waals surface area contributed by atoms with Crippen molar-refractivity contribution < 1.29 is 14.1 Å². The number of halogens is 1. The van der Waals surface area contributed by atoms with Gasteiger partial charge in [-0.25, -0.2) is 0 Å². The Kier molecular flexibility index (Phi) is 5.35. The van der Waals surface area contributed by atoms with E-state index in [0.29, 0.717) is 24.8 Å². The molecule has 1 unspecified atom stereocenters. The molecule has 0 aliphatic rings. The van der Waals surface area contributed by atoms with Crippen LogP contribution in [-0.2, 0) is 17.9 Å². The third-order valence-electron chi connectivity index (χ3n) is 2.82. The molecule has 0 saturated carbocycles. The molecule has 1 heterocycles. The first kappa shape index (κ1) is 15.5. The highest BCUT2D eigenvalue weighted by Crippen LogP contribution is 2.16. The fourth-order valence-corrected chi connectivity index (χ4v) is 2.03. The second-order valence-electron chi connectivity index (χ2n) is 4.56. The van der Waals surface area contributed by atoms with Crippen molar-refractivity contribution >= 4 is 21.8 Å². The minimum absolute atomic E-state index is 0.358. The van der Waals surface area contributed by atoms with E-state index in [1.165, 1.54) is 0 Å². The molecule has 112 valence electrons. The zero-order valence-corrected chi connectivity index (χ0v) is 13.1. The first-order valence-electron chi connectivity index (χ1n) is 6.40. The Morgan fingerprint density at radius 1 is 1.52 bits per heavy atom. The fraction of sp³-hybridized carbons (Fsp3) is 0.286. The minimum Gasteiger partial charge on any atom is -0.471 e. The largest absolute Gasteiger partial charge is 0.471 e. The first-order chi connectivity index (χ1) is 10.0. The predicted molar refractivity (Wildman–Crippen MR) is 80.5 cm³/mol. The van der Waals surface area contributed by atoms with E-state index in [2.05, 4.69) is 26.4 Å². The lowest BCUT2D eigenvalue weighted by atomic mass is 10.2. The minimum atomic E-state index is -0.430. The maximum absolute atomic E-state index is 10.9. The molecule has 7 heteroatoms. The van der Waals surface area contributed by atoms with Gasteiger partial charge in [0, 0.05) is 10.5 Å². The van der Waals surface area contributed by atoms with E-state index < -0.39 is 11.9 Å². The SMILES string of the molecule is CC(NCc1cc(OCc2cccc(Br)c2)no1)C(N)=O. The molecule has 21 heavy (non-hydrogen) atoms. The molecule has 0 radical (unpaired) electrons. The van der Waals surface area contributed by atoms with E-state index in [4.69, 9.17) is 15.0 Å². The molecule has 3 N–H and O–H groups in total. The van der Waals surface area contributed by atoms with E-state index in [9.17, 15) is 4.79 Å². The van der Waals surface area contributed by atoms with Crippen LogP contribution in [0.25, 0.3) is 0 Å². The summed E-state index contributed by atoms with van der Waals surface area (Å²) in [6, 6.07) is 9.06. The zero-order valence-electron chi connectivity index (χ0n) is 11.5. The molecule has 0 fully saturated rings. The van der Waals surface area contributed by atoms with E-state index >= 15 is 0 Å². The highest BCUT2D eigenvalue weighted by atomic mass is 79.9. The van der Waals surface area contributed by atoms with Crippen LogP contribution in [0.1, 0.15) is 18.2 Å². The summed E-state index contributed by atoms with van der Waals surface area (Å²) in [6.45, 7) is 2.44. The Morgan fingerprint density at radius 3 is 3.05 bits per heavy atom. The van der Waals surface area contributed by atoms with Crippen LogP contribution in [0.5, 0.6) is 5.88 Å². The van der Waals surface area contributed by atoms with Gasteiger partial charge in [-0.15, -0.1) is 0 Å². The average Bonchev–Trinajstić information content (AvgIpc) is 2.90.